The maximum absolute atomic E-state index is 13.2. The van der Waals surface area contributed by atoms with Gasteiger partial charge in [0.2, 0.25) is 0 Å². The first-order valence-corrected chi connectivity index (χ1v) is 9.79. The van der Waals surface area contributed by atoms with Crippen LogP contribution in [0, 0.1) is 5.82 Å². The molecule has 6 heteroatoms. The minimum Gasteiger partial charge on any atom is -0.463 e. The zero-order valence-corrected chi connectivity index (χ0v) is 17.0. The molecule has 148 valence electrons. The van der Waals surface area contributed by atoms with Gasteiger partial charge in [-0.1, -0.05) is 36.7 Å². The van der Waals surface area contributed by atoms with Crippen molar-refractivity contribution in [1.29, 1.82) is 0 Å². The third kappa shape index (κ3) is 3.97. The summed E-state index contributed by atoms with van der Waals surface area (Å²) in [7, 11) is 2.07. The Hall–Kier alpha value is -2.89. The van der Waals surface area contributed by atoms with Crippen LogP contribution in [0.25, 0.3) is 28.3 Å². The van der Waals surface area contributed by atoms with Gasteiger partial charge in [0.1, 0.15) is 11.5 Å². The Morgan fingerprint density at radius 1 is 1.14 bits per heavy atom. The topological polar surface area (TPSA) is 34.2 Å². The van der Waals surface area contributed by atoms with Crippen LogP contribution in [0.15, 0.2) is 71.5 Å². The number of rotatable bonds is 6. The molecule has 4 rings (SSSR count). The molecule has 4 aromatic rings. The highest BCUT2D eigenvalue weighted by molar-refractivity contribution is 6.33. The molecule has 0 aliphatic heterocycles. The Bertz CT molecular complexity index is 1100. The van der Waals surface area contributed by atoms with E-state index in [1.165, 1.54) is 12.1 Å². The zero-order chi connectivity index (χ0) is 20.4. The lowest BCUT2D eigenvalue weighted by molar-refractivity contribution is 0.346. The molecule has 29 heavy (non-hydrogen) atoms. The molecule has 0 radical (unpaired) electrons. The van der Waals surface area contributed by atoms with Gasteiger partial charge in [-0.25, -0.2) is 9.07 Å². The van der Waals surface area contributed by atoms with Crippen molar-refractivity contribution in [1.82, 2.24) is 14.7 Å². The van der Waals surface area contributed by atoms with E-state index in [9.17, 15) is 4.39 Å². The van der Waals surface area contributed by atoms with Crippen molar-refractivity contribution in [3.8, 4) is 28.3 Å². The van der Waals surface area contributed by atoms with E-state index in [0.29, 0.717) is 5.02 Å². The number of aromatic nitrogens is 2. The predicted molar refractivity (Wildman–Crippen MR) is 114 cm³/mol. The summed E-state index contributed by atoms with van der Waals surface area (Å²) in [4.78, 5) is 2.21. The summed E-state index contributed by atoms with van der Waals surface area (Å²) in [6.45, 7) is 3.81. The molecular weight excluding hydrogens is 389 g/mol. The molecule has 2 heterocycles. The Morgan fingerprint density at radius 2 is 1.93 bits per heavy atom. The van der Waals surface area contributed by atoms with Gasteiger partial charge >= 0.3 is 0 Å². The minimum absolute atomic E-state index is 0.272. The van der Waals surface area contributed by atoms with Crippen LogP contribution < -0.4 is 0 Å². The molecule has 0 N–H and O–H groups in total. The molecule has 2 aromatic heterocycles. The van der Waals surface area contributed by atoms with Crippen molar-refractivity contribution in [3.63, 3.8) is 0 Å². The fourth-order valence-corrected chi connectivity index (χ4v) is 3.56. The number of furan rings is 1. The van der Waals surface area contributed by atoms with Gasteiger partial charge in [0.25, 0.3) is 0 Å². The van der Waals surface area contributed by atoms with E-state index in [0.717, 1.165) is 46.9 Å². The third-order valence-corrected chi connectivity index (χ3v) is 5.24. The Labute approximate surface area is 174 Å². The second-order valence-electron chi connectivity index (χ2n) is 6.91. The standard InChI is InChI=1S/C23H21ClFN3O/c1-3-27(2)15-17-14-26-28(23(17)22-5-4-12-29-22)19-10-11-20(21(24)13-19)16-6-8-18(25)9-7-16/h4-14H,3,15H2,1-2H3. The van der Waals surface area contributed by atoms with Gasteiger partial charge < -0.3 is 9.32 Å². The summed E-state index contributed by atoms with van der Waals surface area (Å²) in [6.07, 6.45) is 3.52. The molecule has 0 atom stereocenters. The molecule has 0 fully saturated rings. The van der Waals surface area contributed by atoms with E-state index < -0.39 is 0 Å². The first-order chi connectivity index (χ1) is 14.1. The van der Waals surface area contributed by atoms with Crippen molar-refractivity contribution < 1.29 is 8.81 Å². The Morgan fingerprint density at radius 3 is 2.59 bits per heavy atom. The highest BCUT2D eigenvalue weighted by atomic mass is 35.5. The molecule has 0 aliphatic carbocycles. The quantitative estimate of drug-likeness (QED) is 0.389. The summed E-state index contributed by atoms with van der Waals surface area (Å²) in [6, 6.07) is 15.8. The van der Waals surface area contributed by atoms with Crippen molar-refractivity contribution in [3.05, 3.63) is 83.5 Å². The van der Waals surface area contributed by atoms with Crippen molar-refractivity contribution in [2.24, 2.45) is 0 Å². The number of hydrogen-bond donors (Lipinski definition) is 0. The molecule has 0 saturated carbocycles. The summed E-state index contributed by atoms with van der Waals surface area (Å²) >= 11 is 6.58. The van der Waals surface area contributed by atoms with Crippen molar-refractivity contribution >= 4 is 11.6 Å². The highest BCUT2D eigenvalue weighted by Gasteiger charge is 2.18. The Kier molecular flexibility index (Phi) is 5.51. The van der Waals surface area contributed by atoms with E-state index in [1.54, 1.807) is 18.4 Å². The van der Waals surface area contributed by atoms with Gasteiger partial charge in [0, 0.05) is 17.7 Å². The second kappa shape index (κ2) is 8.23. The van der Waals surface area contributed by atoms with Gasteiger partial charge in [-0.2, -0.15) is 5.10 Å². The summed E-state index contributed by atoms with van der Waals surface area (Å²) in [5.41, 5.74) is 4.51. The maximum Gasteiger partial charge on any atom is 0.152 e. The first-order valence-electron chi connectivity index (χ1n) is 9.42. The van der Waals surface area contributed by atoms with Crippen LogP contribution in [0.1, 0.15) is 12.5 Å². The number of benzene rings is 2. The molecule has 0 aliphatic rings. The third-order valence-electron chi connectivity index (χ3n) is 4.93. The van der Waals surface area contributed by atoms with Crippen LogP contribution in [-0.4, -0.2) is 28.3 Å². The molecule has 0 amide bonds. The average Bonchev–Trinajstić information content (AvgIpc) is 3.38. The largest absolute Gasteiger partial charge is 0.463 e. The summed E-state index contributed by atoms with van der Waals surface area (Å²) < 4.78 is 20.8. The van der Waals surface area contributed by atoms with Crippen molar-refractivity contribution in [2.45, 2.75) is 13.5 Å². The van der Waals surface area contributed by atoms with Crippen LogP contribution in [0.5, 0.6) is 0 Å². The Balaban J connectivity index is 1.77. The number of halogens is 2. The molecule has 0 saturated heterocycles. The van der Waals surface area contributed by atoms with Crippen LogP contribution in [0.2, 0.25) is 5.02 Å². The zero-order valence-electron chi connectivity index (χ0n) is 16.3. The lowest BCUT2D eigenvalue weighted by Gasteiger charge is -2.14. The fourth-order valence-electron chi connectivity index (χ4n) is 3.27. The van der Waals surface area contributed by atoms with Crippen LogP contribution >= 0.6 is 11.6 Å². The van der Waals surface area contributed by atoms with Gasteiger partial charge in [0.05, 0.1) is 23.2 Å². The highest BCUT2D eigenvalue weighted by Crippen LogP contribution is 2.33. The molecule has 0 bridgehead atoms. The molecule has 4 nitrogen and oxygen atoms in total. The number of nitrogens with zero attached hydrogens (tertiary/aromatic N) is 3. The first kappa shape index (κ1) is 19.4. The van der Waals surface area contributed by atoms with Crippen LogP contribution in [-0.2, 0) is 6.54 Å². The van der Waals surface area contributed by atoms with Gasteiger partial charge in [-0.05, 0) is 55.6 Å². The second-order valence-corrected chi connectivity index (χ2v) is 7.32. The van der Waals surface area contributed by atoms with E-state index in [4.69, 9.17) is 16.0 Å². The summed E-state index contributed by atoms with van der Waals surface area (Å²) in [5, 5.41) is 5.18. The predicted octanol–water partition coefficient (Wildman–Crippen LogP) is 6.04. The fraction of sp³-hybridized carbons (Fsp3) is 0.174. The summed E-state index contributed by atoms with van der Waals surface area (Å²) in [5.74, 6) is 0.478. The van der Waals surface area contributed by atoms with E-state index in [2.05, 4.69) is 24.0 Å². The molecule has 2 aromatic carbocycles. The van der Waals surface area contributed by atoms with Gasteiger partial charge in [-0.3, -0.25) is 0 Å². The number of hydrogen-bond acceptors (Lipinski definition) is 3. The minimum atomic E-state index is -0.272. The lowest BCUT2D eigenvalue weighted by Crippen LogP contribution is -2.17. The smallest absolute Gasteiger partial charge is 0.152 e. The monoisotopic (exact) mass is 409 g/mol. The van der Waals surface area contributed by atoms with E-state index in [-0.39, 0.29) is 5.82 Å². The van der Waals surface area contributed by atoms with E-state index in [1.807, 2.05) is 41.2 Å². The van der Waals surface area contributed by atoms with Gasteiger partial charge in [-0.15, -0.1) is 0 Å². The normalized spacial score (nSPS) is 11.3. The molecule has 0 unspecified atom stereocenters. The molecular formula is C23H21ClFN3O. The maximum atomic E-state index is 13.2. The van der Waals surface area contributed by atoms with Gasteiger partial charge in [0.15, 0.2) is 5.76 Å². The van der Waals surface area contributed by atoms with Crippen LogP contribution in [0.3, 0.4) is 0 Å². The lowest BCUT2D eigenvalue weighted by atomic mass is 10.1. The molecule has 0 spiro atoms. The SMILES string of the molecule is CCN(C)Cc1cnn(-c2ccc(-c3ccc(F)cc3)c(Cl)c2)c1-c1ccco1. The van der Waals surface area contributed by atoms with E-state index >= 15 is 0 Å². The van der Waals surface area contributed by atoms with Crippen molar-refractivity contribution in [2.75, 3.05) is 13.6 Å². The average molecular weight is 410 g/mol. The van der Waals surface area contributed by atoms with Crippen LogP contribution in [0.4, 0.5) is 4.39 Å².